The third-order valence-electron chi connectivity index (χ3n) is 6.68. The maximum Gasteiger partial charge on any atom is 0.414 e. The van der Waals surface area contributed by atoms with Crippen LogP contribution in [0.5, 0.6) is 0 Å². The highest BCUT2D eigenvalue weighted by Crippen LogP contribution is 2.47. The van der Waals surface area contributed by atoms with Gasteiger partial charge in [0.25, 0.3) is 0 Å². The third kappa shape index (κ3) is 8.70. The predicted octanol–water partition coefficient (Wildman–Crippen LogP) is 3.16. The van der Waals surface area contributed by atoms with Gasteiger partial charge >= 0.3 is 23.9 Å². The highest BCUT2D eigenvalue weighted by Gasteiger charge is 2.29. The summed E-state index contributed by atoms with van der Waals surface area (Å²) in [6.45, 7) is 7.45. The topological polar surface area (TPSA) is 159 Å². The Bertz CT molecular complexity index is 1080. The van der Waals surface area contributed by atoms with E-state index in [0.29, 0.717) is 0 Å². The Morgan fingerprint density at radius 1 is 0.718 bits per heavy atom. The molecule has 11 nitrogen and oxygen atoms in total. The molecule has 2 aromatic rings. The molecule has 5 rings (SSSR count). The van der Waals surface area contributed by atoms with Crippen molar-refractivity contribution in [1.29, 1.82) is 0 Å². The van der Waals surface area contributed by atoms with E-state index in [9.17, 15) is 0 Å². The van der Waals surface area contributed by atoms with Crippen LogP contribution in [0.25, 0.3) is 0 Å². The van der Waals surface area contributed by atoms with E-state index in [0.717, 1.165) is 12.6 Å². The molecule has 2 aromatic carbocycles. The van der Waals surface area contributed by atoms with Crippen LogP contribution in [0.4, 0.5) is 11.4 Å². The largest absolute Gasteiger partial charge is 0.473 e. The Labute approximate surface area is 230 Å². The molecule has 0 saturated carbocycles. The second kappa shape index (κ2) is 14.5. The molecule has 0 aromatic heterocycles. The SMILES string of the molecule is O=C(O)C(=O)O.O=C(O)C(=O)O.c1ccc2c(c1)Sc1ccccc1N2CCCN1CCN2CCCCC2C1. The summed E-state index contributed by atoms with van der Waals surface area (Å²) in [5.41, 5.74) is 2.75. The lowest BCUT2D eigenvalue weighted by atomic mass is 9.99. The number of carboxylic acids is 4. The first kappa shape index (κ1) is 29.9. The van der Waals surface area contributed by atoms with Crippen molar-refractivity contribution in [3.8, 4) is 0 Å². The molecule has 0 bridgehead atoms. The summed E-state index contributed by atoms with van der Waals surface area (Å²) in [5, 5.41) is 29.6. The average Bonchev–Trinajstić information content (AvgIpc) is 2.93. The minimum Gasteiger partial charge on any atom is -0.473 e. The van der Waals surface area contributed by atoms with Crippen LogP contribution in [-0.2, 0) is 19.2 Å². The number of piperazine rings is 1. The monoisotopic (exact) mass is 559 g/mol. The number of anilines is 2. The third-order valence-corrected chi connectivity index (χ3v) is 7.81. The molecule has 0 aliphatic carbocycles. The number of carbonyl (C=O) groups is 4. The van der Waals surface area contributed by atoms with Gasteiger partial charge in [-0.15, -0.1) is 0 Å². The molecule has 0 amide bonds. The van der Waals surface area contributed by atoms with E-state index in [4.69, 9.17) is 39.6 Å². The lowest BCUT2D eigenvalue weighted by Gasteiger charge is -2.44. The van der Waals surface area contributed by atoms with Gasteiger partial charge in [-0.1, -0.05) is 42.4 Å². The van der Waals surface area contributed by atoms with Gasteiger partial charge in [0.2, 0.25) is 0 Å². The Morgan fingerprint density at radius 3 is 1.79 bits per heavy atom. The van der Waals surface area contributed by atoms with Crippen LogP contribution >= 0.6 is 11.8 Å². The summed E-state index contributed by atoms with van der Waals surface area (Å²) < 4.78 is 0. The van der Waals surface area contributed by atoms with Crippen molar-refractivity contribution in [2.75, 3.05) is 44.2 Å². The zero-order valence-electron chi connectivity index (χ0n) is 21.4. The van der Waals surface area contributed by atoms with Crippen molar-refractivity contribution in [2.45, 2.75) is 41.5 Å². The van der Waals surface area contributed by atoms with Crippen LogP contribution in [0.15, 0.2) is 58.3 Å². The molecule has 1 atom stereocenters. The molecule has 1 unspecified atom stereocenters. The fraction of sp³-hybridized carbons (Fsp3) is 0.407. The molecule has 2 fully saturated rings. The number of piperidine rings is 1. The van der Waals surface area contributed by atoms with E-state index in [-0.39, 0.29) is 0 Å². The highest BCUT2D eigenvalue weighted by molar-refractivity contribution is 7.99. The van der Waals surface area contributed by atoms with Gasteiger partial charge < -0.3 is 30.2 Å². The zero-order chi connectivity index (χ0) is 28.4. The number of hydrogen-bond acceptors (Lipinski definition) is 8. The van der Waals surface area contributed by atoms with Crippen LogP contribution in [0.1, 0.15) is 25.7 Å². The molecule has 3 heterocycles. The van der Waals surface area contributed by atoms with Crippen molar-refractivity contribution < 1.29 is 39.6 Å². The van der Waals surface area contributed by atoms with Gasteiger partial charge in [0.15, 0.2) is 0 Å². The van der Waals surface area contributed by atoms with Crippen LogP contribution in [-0.4, -0.2) is 99.4 Å². The van der Waals surface area contributed by atoms with Gasteiger partial charge in [-0.2, -0.15) is 0 Å². The van der Waals surface area contributed by atoms with E-state index in [2.05, 4.69) is 63.2 Å². The van der Waals surface area contributed by atoms with Crippen molar-refractivity contribution in [1.82, 2.24) is 9.80 Å². The number of nitrogens with zero attached hydrogens (tertiary/aromatic N) is 3. The van der Waals surface area contributed by atoms with Crippen molar-refractivity contribution in [3.05, 3.63) is 48.5 Å². The van der Waals surface area contributed by atoms with Crippen LogP contribution in [0, 0.1) is 0 Å². The number of aliphatic carboxylic acids is 4. The number of fused-ring (bicyclic) bond motifs is 3. The lowest BCUT2D eigenvalue weighted by molar-refractivity contribution is -0.159. The van der Waals surface area contributed by atoms with Gasteiger partial charge in [0.05, 0.1) is 11.4 Å². The summed E-state index contributed by atoms with van der Waals surface area (Å²) in [6, 6.07) is 18.5. The summed E-state index contributed by atoms with van der Waals surface area (Å²) >= 11 is 1.90. The number of carboxylic acid groups (broad SMARTS) is 4. The number of hydrogen-bond donors (Lipinski definition) is 4. The molecular weight excluding hydrogens is 526 g/mol. The Hall–Kier alpha value is -3.61. The maximum absolute atomic E-state index is 9.10. The Morgan fingerprint density at radius 2 is 1.26 bits per heavy atom. The van der Waals surface area contributed by atoms with Gasteiger partial charge in [-0.25, -0.2) is 19.2 Å². The van der Waals surface area contributed by atoms with Gasteiger partial charge in [-0.05, 0) is 56.6 Å². The number of para-hydroxylation sites is 2. The molecule has 3 aliphatic heterocycles. The molecule has 0 radical (unpaired) electrons. The number of benzene rings is 2. The summed E-state index contributed by atoms with van der Waals surface area (Å²) in [4.78, 5) is 47.1. The standard InChI is InChI=1S/C23H29N3S.2C2H2O4/c1-3-11-22-20(9-1)26(21-10-2-4-12-23(21)27-22)15-7-13-24-16-17-25-14-6-5-8-19(25)18-24;2*3-1(4)2(5)6/h1-4,9-12,19H,5-8,13-18H2;2*(H,3,4)(H,5,6). The lowest BCUT2D eigenvalue weighted by Crippen LogP contribution is -2.54. The van der Waals surface area contributed by atoms with Gasteiger partial charge in [-0.3, -0.25) is 4.90 Å². The second-order valence-corrected chi connectivity index (χ2v) is 10.3. The maximum atomic E-state index is 9.10. The van der Waals surface area contributed by atoms with Crippen LogP contribution < -0.4 is 4.90 Å². The summed E-state index contributed by atoms with van der Waals surface area (Å²) in [6.07, 6.45) is 5.46. The molecule has 4 N–H and O–H groups in total. The van der Waals surface area contributed by atoms with Gasteiger partial charge in [0, 0.05) is 42.0 Å². The van der Waals surface area contributed by atoms with Gasteiger partial charge in [0.1, 0.15) is 0 Å². The Kier molecular flexibility index (Phi) is 11.1. The first-order chi connectivity index (χ1) is 18.7. The van der Waals surface area contributed by atoms with Crippen LogP contribution in [0.3, 0.4) is 0 Å². The quantitative estimate of drug-likeness (QED) is 0.406. The molecule has 39 heavy (non-hydrogen) atoms. The molecule has 12 heteroatoms. The predicted molar refractivity (Wildman–Crippen MR) is 145 cm³/mol. The molecule has 3 aliphatic rings. The number of rotatable bonds is 4. The first-order valence-electron chi connectivity index (χ1n) is 12.7. The van der Waals surface area contributed by atoms with Crippen molar-refractivity contribution >= 4 is 47.0 Å². The minimum absolute atomic E-state index is 0.820. The van der Waals surface area contributed by atoms with Crippen molar-refractivity contribution in [3.63, 3.8) is 0 Å². The molecule has 0 spiro atoms. The molecular formula is C27H33N3O8S. The van der Waals surface area contributed by atoms with E-state index in [1.165, 1.54) is 79.6 Å². The van der Waals surface area contributed by atoms with E-state index < -0.39 is 23.9 Å². The summed E-state index contributed by atoms with van der Waals surface area (Å²) in [5.74, 6) is -7.30. The zero-order valence-corrected chi connectivity index (χ0v) is 22.3. The average molecular weight is 560 g/mol. The molecule has 210 valence electrons. The smallest absolute Gasteiger partial charge is 0.414 e. The highest BCUT2D eigenvalue weighted by atomic mass is 32.2. The second-order valence-electron chi connectivity index (χ2n) is 9.25. The van der Waals surface area contributed by atoms with E-state index in [1.807, 2.05) is 11.8 Å². The van der Waals surface area contributed by atoms with Crippen LogP contribution in [0.2, 0.25) is 0 Å². The van der Waals surface area contributed by atoms with E-state index in [1.54, 1.807) is 0 Å². The normalized spacial score (nSPS) is 18.1. The first-order valence-corrected chi connectivity index (χ1v) is 13.5. The van der Waals surface area contributed by atoms with E-state index >= 15 is 0 Å². The fourth-order valence-electron chi connectivity index (χ4n) is 4.90. The Balaban J connectivity index is 0.000000296. The van der Waals surface area contributed by atoms with Crippen molar-refractivity contribution in [2.24, 2.45) is 0 Å². The fourth-order valence-corrected chi connectivity index (χ4v) is 5.99. The molecule has 2 saturated heterocycles. The summed E-state index contributed by atoms with van der Waals surface area (Å²) in [7, 11) is 0. The minimum atomic E-state index is -1.82.